The Morgan fingerprint density at radius 1 is 1.14 bits per heavy atom. The molecule has 0 aliphatic carbocycles. The number of carbonyl (C=O) groups excluding carboxylic acids is 1. The highest BCUT2D eigenvalue weighted by Crippen LogP contribution is 2.16. The second kappa shape index (κ2) is 6.09. The lowest BCUT2D eigenvalue weighted by atomic mass is 10.1. The van der Waals surface area contributed by atoms with Crippen molar-refractivity contribution in [2.75, 3.05) is 5.73 Å². The summed E-state index contributed by atoms with van der Waals surface area (Å²) < 4.78 is 0. The standard InChI is InChI=1S/C16H15N5O/c17-15-8-4-7-12(19-15)10-18-16(22)14-9-13(20-21-14)11-5-2-1-3-6-11/h1-9H,10H2,(H2,17,19)(H,18,22)(H,20,21). The molecule has 0 spiro atoms. The minimum absolute atomic E-state index is 0.237. The van der Waals surface area contributed by atoms with Gasteiger partial charge in [-0.15, -0.1) is 0 Å². The van der Waals surface area contributed by atoms with Gasteiger partial charge in [0.25, 0.3) is 5.91 Å². The van der Waals surface area contributed by atoms with E-state index in [-0.39, 0.29) is 5.91 Å². The zero-order valence-electron chi connectivity index (χ0n) is 11.8. The van der Waals surface area contributed by atoms with Crippen molar-refractivity contribution in [2.45, 2.75) is 6.54 Å². The van der Waals surface area contributed by atoms with E-state index >= 15 is 0 Å². The maximum Gasteiger partial charge on any atom is 0.269 e. The molecule has 0 aliphatic heterocycles. The number of H-pyrrole nitrogens is 1. The summed E-state index contributed by atoms with van der Waals surface area (Å²) in [5.74, 6) is 0.193. The van der Waals surface area contributed by atoms with Gasteiger partial charge >= 0.3 is 0 Å². The molecule has 22 heavy (non-hydrogen) atoms. The van der Waals surface area contributed by atoms with E-state index in [2.05, 4.69) is 20.5 Å². The van der Waals surface area contributed by atoms with Gasteiger partial charge in [0.1, 0.15) is 11.5 Å². The summed E-state index contributed by atoms with van der Waals surface area (Å²) in [6, 6.07) is 16.7. The molecule has 0 atom stereocenters. The normalized spacial score (nSPS) is 10.4. The fraction of sp³-hybridized carbons (Fsp3) is 0.0625. The first-order valence-corrected chi connectivity index (χ1v) is 6.83. The summed E-state index contributed by atoms with van der Waals surface area (Å²) in [5.41, 5.74) is 8.40. The maximum absolute atomic E-state index is 12.1. The van der Waals surface area contributed by atoms with Crippen molar-refractivity contribution in [3.8, 4) is 11.3 Å². The number of aromatic amines is 1. The molecule has 0 saturated carbocycles. The molecule has 0 radical (unpaired) electrons. The van der Waals surface area contributed by atoms with Crippen molar-refractivity contribution >= 4 is 11.7 Å². The highest BCUT2D eigenvalue weighted by molar-refractivity contribution is 5.93. The molecular formula is C16H15N5O. The SMILES string of the molecule is Nc1cccc(CNC(=O)c2cc(-c3ccccc3)n[nH]2)n1. The van der Waals surface area contributed by atoms with Gasteiger partial charge in [0.2, 0.25) is 0 Å². The highest BCUT2D eigenvalue weighted by atomic mass is 16.1. The summed E-state index contributed by atoms with van der Waals surface area (Å²) in [6.07, 6.45) is 0. The molecule has 2 aromatic heterocycles. The van der Waals surface area contributed by atoms with Gasteiger partial charge in [0, 0.05) is 5.56 Å². The van der Waals surface area contributed by atoms with Gasteiger partial charge in [0.15, 0.2) is 0 Å². The van der Waals surface area contributed by atoms with Crippen LogP contribution >= 0.6 is 0 Å². The molecule has 110 valence electrons. The average Bonchev–Trinajstić information content (AvgIpc) is 3.04. The van der Waals surface area contributed by atoms with E-state index in [0.717, 1.165) is 11.3 Å². The van der Waals surface area contributed by atoms with Gasteiger partial charge in [-0.05, 0) is 18.2 Å². The summed E-state index contributed by atoms with van der Waals surface area (Å²) in [5, 5.41) is 9.68. The van der Waals surface area contributed by atoms with Crippen LogP contribution in [0.25, 0.3) is 11.3 Å². The van der Waals surface area contributed by atoms with Crippen LogP contribution in [0.1, 0.15) is 16.2 Å². The van der Waals surface area contributed by atoms with E-state index in [9.17, 15) is 4.79 Å². The van der Waals surface area contributed by atoms with Crippen LogP contribution in [-0.4, -0.2) is 21.1 Å². The van der Waals surface area contributed by atoms with Gasteiger partial charge in [-0.2, -0.15) is 5.10 Å². The molecule has 2 heterocycles. The average molecular weight is 293 g/mol. The number of nitrogens with two attached hydrogens (primary N) is 1. The molecule has 3 aromatic rings. The third kappa shape index (κ3) is 3.12. The van der Waals surface area contributed by atoms with Crippen LogP contribution in [0.15, 0.2) is 54.6 Å². The van der Waals surface area contributed by atoms with Crippen molar-refractivity contribution in [2.24, 2.45) is 0 Å². The third-order valence-electron chi connectivity index (χ3n) is 3.15. The molecule has 1 amide bonds. The lowest BCUT2D eigenvalue weighted by molar-refractivity contribution is 0.0945. The van der Waals surface area contributed by atoms with E-state index < -0.39 is 0 Å². The van der Waals surface area contributed by atoms with Gasteiger partial charge in [0.05, 0.1) is 17.9 Å². The predicted molar refractivity (Wildman–Crippen MR) is 83.8 cm³/mol. The zero-order chi connectivity index (χ0) is 15.4. The van der Waals surface area contributed by atoms with Crippen LogP contribution in [0.2, 0.25) is 0 Å². The van der Waals surface area contributed by atoms with E-state index in [1.807, 2.05) is 30.3 Å². The van der Waals surface area contributed by atoms with Crippen LogP contribution in [0.4, 0.5) is 5.82 Å². The first kappa shape index (κ1) is 13.8. The lowest BCUT2D eigenvalue weighted by Crippen LogP contribution is -2.23. The highest BCUT2D eigenvalue weighted by Gasteiger charge is 2.10. The minimum Gasteiger partial charge on any atom is -0.384 e. The molecule has 3 rings (SSSR count). The van der Waals surface area contributed by atoms with Crippen molar-refractivity contribution in [1.82, 2.24) is 20.5 Å². The van der Waals surface area contributed by atoms with E-state index in [1.54, 1.807) is 24.3 Å². The summed E-state index contributed by atoms with van der Waals surface area (Å²) in [4.78, 5) is 16.2. The monoisotopic (exact) mass is 293 g/mol. The Balaban J connectivity index is 1.67. The van der Waals surface area contributed by atoms with Crippen LogP contribution in [0.5, 0.6) is 0 Å². The predicted octanol–water partition coefficient (Wildman–Crippen LogP) is 1.98. The number of hydrogen-bond donors (Lipinski definition) is 3. The quantitative estimate of drug-likeness (QED) is 0.685. The number of nitrogens with one attached hydrogen (secondary N) is 2. The Morgan fingerprint density at radius 3 is 2.73 bits per heavy atom. The number of nitrogens with zero attached hydrogens (tertiary/aromatic N) is 2. The fourth-order valence-corrected chi connectivity index (χ4v) is 2.06. The Labute approximate surface area is 127 Å². The fourth-order valence-electron chi connectivity index (χ4n) is 2.06. The summed E-state index contributed by atoms with van der Waals surface area (Å²) >= 11 is 0. The van der Waals surface area contributed by atoms with Crippen LogP contribution < -0.4 is 11.1 Å². The third-order valence-corrected chi connectivity index (χ3v) is 3.15. The summed E-state index contributed by atoms with van der Waals surface area (Å²) in [6.45, 7) is 0.309. The molecule has 6 heteroatoms. The largest absolute Gasteiger partial charge is 0.384 e. The number of nitrogen functional groups attached to an aromatic ring is 1. The van der Waals surface area contributed by atoms with Crippen molar-refractivity contribution in [3.63, 3.8) is 0 Å². The molecule has 6 nitrogen and oxygen atoms in total. The second-order valence-electron chi connectivity index (χ2n) is 4.77. The zero-order valence-corrected chi connectivity index (χ0v) is 11.8. The van der Waals surface area contributed by atoms with Gasteiger partial charge < -0.3 is 11.1 Å². The molecular weight excluding hydrogens is 278 g/mol. The number of carbonyl (C=O) groups is 1. The van der Waals surface area contributed by atoms with Crippen LogP contribution in [-0.2, 0) is 6.54 Å². The topological polar surface area (TPSA) is 96.7 Å². The first-order chi connectivity index (χ1) is 10.7. The molecule has 0 unspecified atom stereocenters. The molecule has 0 bridgehead atoms. The minimum atomic E-state index is -0.237. The lowest BCUT2D eigenvalue weighted by Gasteiger charge is -2.03. The maximum atomic E-state index is 12.1. The Kier molecular flexibility index (Phi) is 3.82. The van der Waals surface area contributed by atoms with Gasteiger partial charge in [-0.3, -0.25) is 9.89 Å². The smallest absolute Gasteiger partial charge is 0.269 e. The molecule has 0 aliphatic rings. The number of benzene rings is 1. The molecule has 0 fully saturated rings. The van der Waals surface area contributed by atoms with E-state index in [4.69, 9.17) is 5.73 Å². The Hall–Kier alpha value is -3.15. The van der Waals surface area contributed by atoms with Crippen LogP contribution in [0.3, 0.4) is 0 Å². The Bertz CT molecular complexity index is 782. The van der Waals surface area contributed by atoms with Crippen molar-refractivity contribution < 1.29 is 4.79 Å². The van der Waals surface area contributed by atoms with Crippen molar-refractivity contribution in [1.29, 1.82) is 0 Å². The van der Waals surface area contributed by atoms with E-state index in [0.29, 0.717) is 23.8 Å². The summed E-state index contributed by atoms with van der Waals surface area (Å²) in [7, 11) is 0. The van der Waals surface area contributed by atoms with E-state index in [1.165, 1.54) is 0 Å². The van der Waals surface area contributed by atoms with Crippen LogP contribution in [0, 0.1) is 0 Å². The number of anilines is 1. The molecule has 0 saturated heterocycles. The number of amides is 1. The molecule has 1 aromatic carbocycles. The second-order valence-corrected chi connectivity index (χ2v) is 4.77. The number of hydrogen-bond acceptors (Lipinski definition) is 4. The van der Waals surface area contributed by atoms with Crippen molar-refractivity contribution in [3.05, 3.63) is 66.0 Å². The number of pyridine rings is 1. The van der Waals surface area contributed by atoms with Gasteiger partial charge in [-0.25, -0.2) is 4.98 Å². The molecule has 4 N–H and O–H groups in total. The van der Waals surface area contributed by atoms with Gasteiger partial charge in [-0.1, -0.05) is 36.4 Å². The number of rotatable bonds is 4. The number of aromatic nitrogens is 3. The Morgan fingerprint density at radius 2 is 1.95 bits per heavy atom. The first-order valence-electron chi connectivity index (χ1n) is 6.83.